The topological polar surface area (TPSA) is 50.4 Å². The second-order valence-corrected chi connectivity index (χ2v) is 4.40. The Labute approximate surface area is 109 Å². The first-order chi connectivity index (χ1) is 8.61. The predicted octanol–water partition coefficient (Wildman–Crippen LogP) is 1.70. The molecule has 0 atom stereocenters. The highest BCUT2D eigenvalue weighted by Crippen LogP contribution is 2.11. The van der Waals surface area contributed by atoms with Crippen LogP contribution in [-0.2, 0) is 11.3 Å². The van der Waals surface area contributed by atoms with Crippen molar-refractivity contribution in [3.8, 4) is 5.75 Å². The molecule has 0 heterocycles. The number of hydrogen-bond donors (Lipinski definition) is 2. The normalized spacial score (nSPS) is 10.4. The number of hydrogen-bond acceptors (Lipinski definition) is 3. The number of ether oxygens (including phenoxy) is 1. The third kappa shape index (κ3) is 5.68. The number of rotatable bonds is 7. The van der Waals surface area contributed by atoms with E-state index in [0.29, 0.717) is 19.7 Å². The van der Waals surface area contributed by atoms with Crippen molar-refractivity contribution in [3.05, 3.63) is 29.8 Å². The van der Waals surface area contributed by atoms with Crippen molar-refractivity contribution in [3.63, 3.8) is 0 Å². The minimum Gasteiger partial charge on any atom is -0.494 e. The van der Waals surface area contributed by atoms with Gasteiger partial charge in [-0.15, -0.1) is 0 Å². The van der Waals surface area contributed by atoms with E-state index in [2.05, 4.69) is 10.6 Å². The van der Waals surface area contributed by atoms with Gasteiger partial charge >= 0.3 is 0 Å². The standard InChI is InChI=1S/C14H22N2O2/c1-4-18-13-7-5-12(6-8-13)9-15-10-14(17)16-11(2)3/h5-8,11,15H,4,9-10H2,1-3H3,(H,16,17). The maximum Gasteiger partial charge on any atom is 0.234 e. The molecule has 0 aliphatic heterocycles. The Morgan fingerprint density at radius 1 is 1.28 bits per heavy atom. The van der Waals surface area contributed by atoms with Gasteiger partial charge in [-0.25, -0.2) is 0 Å². The summed E-state index contributed by atoms with van der Waals surface area (Å²) in [5, 5.41) is 5.94. The van der Waals surface area contributed by atoms with Crippen LogP contribution in [0.15, 0.2) is 24.3 Å². The van der Waals surface area contributed by atoms with E-state index in [9.17, 15) is 4.79 Å². The molecule has 1 aromatic rings. The van der Waals surface area contributed by atoms with Crippen LogP contribution in [0, 0.1) is 0 Å². The van der Waals surface area contributed by atoms with Crippen LogP contribution in [0.25, 0.3) is 0 Å². The molecule has 0 aliphatic rings. The monoisotopic (exact) mass is 250 g/mol. The second kappa shape index (κ2) is 7.71. The lowest BCUT2D eigenvalue weighted by molar-refractivity contribution is -0.120. The summed E-state index contributed by atoms with van der Waals surface area (Å²) in [4.78, 5) is 11.4. The molecule has 0 unspecified atom stereocenters. The maximum atomic E-state index is 11.4. The first kappa shape index (κ1) is 14.5. The zero-order valence-corrected chi connectivity index (χ0v) is 11.3. The first-order valence-electron chi connectivity index (χ1n) is 6.33. The van der Waals surface area contributed by atoms with Gasteiger partial charge < -0.3 is 15.4 Å². The molecule has 1 rings (SSSR count). The largest absolute Gasteiger partial charge is 0.494 e. The van der Waals surface area contributed by atoms with Gasteiger partial charge in [0.2, 0.25) is 5.91 Å². The SMILES string of the molecule is CCOc1ccc(CNCC(=O)NC(C)C)cc1. The highest BCUT2D eigenvalue weighted by molar-refractivity contribution is 5.78. The highest BCUT2D eigenvalue weighted by Gasteiger charge is 2.02. The molecule has 4 nitrogen and oxygen atoms in total. The molecule has 0 radical (unpaired) electrons. The van der Waals surface area contributed by atoms with E-state index in [0.717, 1.165) is 11.3 Å². The zero-order chi connectivity index (χ0) is 13.4. The van der Waals surface area contributed by atoms with Crippen molar-refractivity contribution < 1.29 is 9.53 Å². The minimum atomic E-state index is 0.0240. The molecule has 2 N–H and O–H groups in total. The zero-order valence-electron chi connectivity index (χ0n) is 11.3. The maximum absolute atomic E-state index is 11.4. The van der Waals surface area contributed by atoms with Crippen LogP contribution >= 0.6 is 0 Å². The van der Waals surface area contributed by atoms with E-state index in [1.807, 2.05) is 45.0 Å². The van der Waals surface area contributed by atoms with Crippen LogP contribution < -0.4 is 15.4 Å². The quantitative estimate of drug-likeness (QED) is 0.774. The summed E-state index contributed by atoms with van der Waals surface area (Å²) in [5.74, 6) is 0.898. The number of amides is 1. The van der Waals surface area contributed by atoms with E-state index in [-0.39, 0.29) is 11.9 Å². The van der Waals surface area contributed by atoms with Gasteiger partial charge in [-0.05, 0) is 38.5 Å². The van der Waals surface area contributed by atoms with Crippen LogP contribution in [0.4, 0.5) is 0 Å². The van der Waals surface area contributed by atoms with Crippen LogP contribution in [-0.4, -0.2) is 25.1 Å². The predicted molar refractivity (Wildman–Crippen MR) is 72.6 cm³/mol. The average molecular weight is 250 g/mol. The second-order valence-electron chi connectivity index (χ2n) is 4.40. The minimum absolute atomic E-state index is 0.0240. The van der Waals surface area contributed by atoms with Crippen molar-refractivity contribution in [1.82, 2.24) is 10.6 Å². The van der Waals surface area contributed by atoms with Crippen LogP contribution in [0.3, 0.4) is 0 Å². The molecule has 1 amide bonds. The van der Waals surface area contributed by atoms with Crippen LogP contribution in [0.2, 0.25) is 0 Å². The van der Waals surface area contributed by atoms with Crippen LogP contribution in [0.1, 0.15) is 26.3 Å². The Morgan fingerprint density at radius 2 is 1.94 bits per heavy atom. The Morgan fingerprint density at radius 3 is 2.50 bits per heavy atom. The average Bonchev–Trinajstić information content (AvgIpc) is 2.31. The van der Waals surface area contributed by atoms with Gasteiger partial charge in [-0.2, -0.15) is 0 Å². The summed E-state index contributed by atoms with van der Waals surface area (Å²) in [5.41, 5.74) is 1.14. The summed E-state index contributed by atoms with van der Waals surface area (Å²) in [7, 11) is 0. The summed E-state index contributed by atoms with van der Waals surface area (Å²) in [6.45, 7) is 7.55. The molecule has 4 heteroatoms. The molecule has 0 fully saturated rings. The highest BCUT2D eigenvalue weighted by atomic mass is 16.5. The van der Waals surface area contributed by atoms with Crippen molar-refractivity contribution in [2.75, 3.05) is 13.2 Å². The molecule has 0 spiro atoms. The van der Waals surface area contributed by atoms with Gasteiger partial charge in [0, 0.05) is 12.6 Å². The fraction of sp³-hybridized carbons (Fsp3) is 0.500. The Balaban J connectivity index is 2.28. The Hall–Kier alpha value is -1.55. The summed E-state index contributed by atoms with van der Waals surface area (Å²) in [6, 6.07) is 8.06. The van der Waals surface area contributed by atoms with Crippen molar-refractivity contribution in [2.45, 2.75) is 33.4 Å². The molecule has 0 bridgehead atoms. The van der Waals surface area contributed by atoms with Gasteiger partial charge in [0.05, 0.1) is 13.2 Å². The Bertz CT molecular complexity index is 361. The molecular weight excluding hydrogens is 228 g/mol. The molecule has 1 aromatic carbocycles. The smallest absolute Gasteiger partial charge is 0.234 e. The number of nitrogens with one attached hydrogen (secondary N) is 2. The van der Waals surface area contributed by atoms with Crippen molar-refractivity contribution >= 4 is 5.91 Å². The number of benzene rings is 1. The van der Waals surface area contributed by atoms with Gasteiger partial charge in [0.25, 0.3) is 0 Å². The fourth-order valence-corrected chi connectivity index (χ4v) is 1.56. The van der Waals surface area contributed by atoms with E-state index >= 15 is 0 Å². The fourth-order valence-electron chi connectivity index (χ4n) is 1.56. The van der Waals surface area contributed by atoms with Crippen molar-refractivity contribution in [2.24, 2.45) is 0 Å². The summed E-state index contributed by atoms with van der Waals surface area (Å²) in [6.07, 6.45) is 0. The third-order valence-corrected chi connectivity index (χ3v) is 2.30. The molecule has 100 valence electrons. The van der Waals surface area contributed by atoms with Gasteiger partial charge in [-0.3, -0.25) is 4.79 Å². The van der Waals surface area contributed by atoms with E-state index in [1.54, 1.807) is 0 Å². The van der Waals surface area contributed by atoms with Crippen LogP contribution in [0.5, 0.6) is 5.75 Å². The third-order valence-electron chi connectivity index (χ3n) is 2.30. The lowest BCUT2D eigenvalue weighted by atomic mass is 10.2. The summed E-state index contributed by atoms with van der Waals surface area (Å²) < 4.78 is 5.36. The lowest BCUT2D eigenvalue weighted by Crippen LogP contribution is -2.37. The molecule has 0 aromatic heterocycles. The first-order valence-corrected chi connectivity index (χ1v) is 6.33. The van der Waals surface area contributed by atoms with Gasteiger partial charge in [-0.1, -0.05) is 12.1 Å². The summed E-state index contributed by atoms with van der Waals surface area (Å²) >= 11 is 0. The molecule has 18 heavy (non-hydrogen) atoms. The molecular formula is C14H22N2O2. The van der Waals surface area contributed by atoms with Gasteiger partial charge in [0.1, 0.15) is 5.75 Å². The Kier molecular flexibility index (Phi) is 6.22. The molecule has 0 saturated carbocycles. The van der Waals surface area contributed by atoms with E-state index in [4.69, 9.17) is 4.74 Å². The van der Waals surface area contributed by atoms with Crippen molar-refractivity contribution in [1.29, 1.82) is 0 Å². The molecule has 0 aliphatic carbocycles. The molecule has 0 saturated heterocycles. The van der Waals surface area contributed by atoms with E-state index < -0.39 is 0 Å². The number of carbonyl (C=O) groups is 1. The lowest BCUT2D eigenvalue weighted by Gasteiger charge is -2.09. The number of carbonyl (C=O) groups excluding carboxylic acids is 1. The van der Waals surface area contributed by atoms with Gasteiger partial charge in [0.15, 0.2) is 0 Å². The van der Waals surface area contributed by atoms with E-state index in [1.165, 1.54) is 0 Å².